The first-order valence-corrected chi connectivity index (χ1v) is 12.7. The summed E-state index contributed by atoms with van der Waals surface area (Å²) in [6.07, 6.45) is 1.55. The fourth-order valence-electron chi connectivity index (χ4n) is 3.53. The molecule has 0 N–H and O–H groups in total. The van der Waals surface area contributed by atoms with Gasteiger partial charge in [-0.05, 0) is 72.1 Å². The van der Waals surface area contributed by atoms with Crippen LogP contribution in [0.25, 0.3) is 5.57 Å². The maximum Gasteiger partial charge on any atom is 0.313 e. The Morgan fingerprint density at radius 3 is 2.29 bits per heavy atom. The minimum atomic E-state index is -3.99. The molecule has 0 saturated carbocycles. The lowest BCUT2D eigenvalue weighted by molar-refractivity contribution is -0.385. The zero-order chi connectivity index (χ0) is 26.0. The molecule has 10 heteroatoms. The highest BCUT2D eigenvalue weighted by molar-refractivity contribution is 7.87. The summed E-state index contributed by atoms with van der Waals surface area (Å²) in [5.74, 6) is -0.618. The highest BCUT2D eigenvalue weighted by atomic mass is 32.2. The number of unbranched alkanes of at least 4 members (excludes halogenated alkanes) is 1. The van der Waals surface area contributed by atoms with Crippen LogP contribution in [-0.2, 0) is 16.7 Å². The predicted molar refractivity (Wildman–Crippen MR) is 132 cm³/mol. The van der Waals surface area contributed by atoms with E-state index >= 15 is 0 Å². The molecule has 186 valence electrons. The van der Waals surface area contributed by atoms with Gasteiger partial charge in [-0.15, -0.1) is 0 Å². The maximum absolute atomic E-state index is 13.8. The molecular formula is C24H33N3O6S. The summed E-state index contributed by atoms with van der Waals surface area (Å²) < 4.78 is 32.0. The van der Waals surface area contributed by atoms with Gasteiger partial charge in [0.25, 0.3) is 5.69 Å². The number of ketones is 1. The Morgan fingerprint density at radius 1 is 1.18 bits per heavy atom. The lowest BCUT2D eigenvalue weighted by Gasteiger charge is -2.15. The Morgan fingerprint density at radius 2 is 1.79 bits per heavy atom. The molecule has 0 aliphatic carbocycles. The molecule has 0 amide bonds. The van der Waals surface area contributed by atoms with Crippen molar-refractivity contribution in [3.8, 4) is 5.88 Å². The van der Waals surface area contributed by atoms with Crippen LogP contribution in [0.15, 0.2) is 17.7 Å². The van der Waals surface area contributed by atoms with E-state index in [0.717, 1.165) is 12.0 Å². The fraction of sp³-hybridized carbons (Fsp3) is 0.500. The molecule has 0 aliphatic heterocycles. The number of benzene rings is 1. The normalized spacial score (nSPS) is 11.6. The van der Waals surface area contributed by atoms with Gasteiger partial charge in [-0.1, -0.05) is 18.9 Å². The first-order valence-electron chi connectivity index (χ1n) is 11.2. The molecule has 2 rings (SSSR count). The van der Waals surface area contributed by atoms with E-state index in [1.54, 1.807) is 20.8 Å². The molecule has 2 aromatic rings. The monoisotopic (exact) mass is 491 g/mol. The second-order valence-corrected chi connectivity index (χ2v) is 10.9. The van der Waals surface area contributed by atoms with Crippen molar-refractivity contribution >= 4 is 27.2 Å². The maximum atomic E-state index is 13.8. The van der Waals surface area contributed by atoms with Crippen LogP contribution >= 0.6 is 0 Å². The van der Waals surface area contributed by atoms with Gasteiger partial charge in [0.15, 0.2) is 0 Å². The van der Waals surface area contributed by atoms with Gasteiger partial charge in [0, 0.05) is 18.2 Å². The molecule has 0 unspecified atom stereocenters. The van der Waals surface area contributed by atoms with Crippen molar-refractivity contribution in [1.82, 2.24) is 9.78 Å². The number of rotatable bonds is 10. The second kappa shape index (κ2) is 10.5. The van der Waals surface area contributed by atoms with Crippen LogP contribution in [0, 0.1) is 24.0 Å². The number of hydrogen-bond acceptors (Lipinski definition) is 7. The van der Waals surface area contributed by atoms with Gasteiger partial charge in [0.1, 0.15) is 5.56 Å². The van der Waals surface area contributed by atoms with E-state index in [-0.39, 0.29) is 22.7 Å². The highest BCUT2D eigenvalue weighted by Crippen LogP contribution is 2.35. The first-order chi connectivity index (χ1) is 15.7. The lowest BCUT2D eigenvalue weighted by Crippen LogP contribution is -2.23. The highest BCUT2D eigenvalue weighted by Gasteiger charge is 2.31. The lowest BCUT2D eigenvalue weighted by atomic mass is 9.90. The third kappa shape index (κ3) is 5.38. The molecule has 0 aliphatic rings. The Labute approximate surface area is 201 Å². The topological polar surface area (TPSA) is 121 Å². The van der Waals surface area contributed by atoms with Crippen molar-refractivity contribution in [2.75, 3.05) is 0 Å². The van der Waals surface area contributed by atoms with Crippen molar-refractivity contribution in [3.63, 3.8) is 0 Å². The summed E-state index contributed by atoms with van der Waals surface area (Å²) in [5, 5.41) is 15.2. The van der Waals surface area contributed by atoms with Gasteiger partial charge in [-0.3, -0.25) is 14.9 Å². The zero-order valence-electron chi connectivity index (χ0n) is 21.1. The van der Waals surface area contributed by atoms with Crippen LogP contribution in [0.5, 0.6) is 5.88 Å². The Bertz CT molecular complexity index is 1250. The summed E-state index contributed by atoms with van der Waals surface area (Å²) in [5.41, 5.74) is 2.90. The summed E-state index contributed by atoms with van der Waals surface area (Å²) in [6, 6.07) is 2.71. The predicted octanol–water partition coefficient (Wildman–Crippen LogP) is 5.37. The number of allylic oxidation sites excluding steroid dienone is 2. The third-order valence-electron chi connectivity index (χ3n) is 5.81. The van der Waals surface area contributed by atoms with Crippen LogP contribution in [0.4, 0.5) is 5.69 Å². The van der Waals surface area contributed by atoms with E-state index in [1.165, 1.54) is 30.7 Å². The van der Waals surface area contributed by atoms with Gasteiger partial charge >= 0.3 is 10.1 Å². The average Bonchev–Trinajstić information content (AvgIpc) is 3.04. The van der Waals surface area contributed by atoms with E-state index in [1.807, 2.05) is 20.8 Å². The molecule has 0 saturated heterocycles. The molecule has 9 nitrogen and oxygen atoms in total. The number of nitrogens with zero attached hydrogens (tertiary/aromatic N) is 3. The van der Waals surface area contributed by atoms with Gasteiger partial charge < -0.3 is 4.18 Å². The number of nitro groups is 1. The second-order valence-electron chi connectivity index (χ2n) is 8.81. The third-order valence-corrected chi connectivity index (χ3v) is 7.36. The van der Waals surface area contributed by atoms with Crippen LogP contribution in [0.3, 0.4) is 0 Å². The molecule has 1 heterocycles. The number of carbonyl (C=O) groups is 1. The summed E-state index contributed by atoms with van der Waals surface area (Å²) in [7, 11) is -3.99. The van der Waals surface area contributed by atoms with Crippen LogP contribution in [0.2, 0.25) is 0 Å². The summed E-state index contributed by atoms with van der Waals surface area (Å²) in [4.78, 5) is 25.0. The summed E-state index contributed by atoms with van der Waals surface area (Å²) >= 11 is 0. The molecule has 34 heavy (non-hydrogen) atoms. The van der Waals surface area contributed by atoms with E-state index < -0.39 is 26.1 Å². The van der Waals surface area contributed by atoms with Crippen LogP contribution in [-0.4, -0.2) is 34.2 Å². The average molecular weight is 492 g/mol. The summed E-state index contributed by atoms with van der Waals surface area (Å²) in [6.45, 7) is 14.1. The van der Waals surface area contributed by atoms with Crippen molar-refractivity contribution in [3.05, 3.63) is 55.8 Å². The first kappa shape index (κ1) is 27.2. The molecule has 1 aromatic carbocycles. The van der Waals surface area contributed by atoms with E-state index in [4.69, 9.17) is 4.18 Å². The molecule has 0 fully saturated rings. The van der Waals surface area contributed by atoms with Gasteiger partial charge in [0.2, 0.25) is 11.7 Å². The number of aromatic nitrogens is 2. The van der Waals surface area contributed by atoms with Crippen molar-refractivity contribution in [2.45, 2.75) is 80.0 Å². The number of carbonyl (C=O) groups excluding carboxylic acids is 1. The molecule has 0 radical (unpaired) electrons. The van der Waals surface area contributed by atoms with Crippen molar-refractivity contribution in [1.29, 1.82) is 0 Å². The quantitative estimate of drug-likeness (QED) is 0.189. The van der Waals surface area contributed by atoms with Crippen molar-refractivity contribution in [2.24, 2.45) is 0 Å². The number of nitro benzene ring substituents is 1. The molecule has 0 spiro atoms. The Kier molecular flexibility index (Phi) is 8.41. The zero-order valence-corrected chi connectivity index (χ0v) is 21.9. The SMILES string of the molecule is CCCCn1nc(C)c(C(=O)c2ccc([N+](=O)[O-])c(C(C)=C(C)C)c2C)c1OS(=O)(=O)C(C)C. The van der Waals surface area contributed by atoms with Gasteiger partial charge in [-0.2, -0.15) is 13.5 Å². The molecule has 0 bridgehead atoms. The molecular weight excluding hydrogens is 458 g/mol. The smallest absolute Gasteiger partial charge is 0.313 e. The molecule has 1 aromatic heterocycles. The van der Waals surface area contributed by atoms with E-state index in [9.17, 15) is 23.3 Å². The number of aryl methyl sites for hydroxylation is 2. The fourth-order valence-corrected chi connectivity index (χ4v) is 4.11. The van der Waals surface area contributed by atoms with Crippen molar-refractivity contribution < 1.29 is 22.3 Å². The Hall–Kier alpha value is -3.01. The van der Waals surface area contributed by atoms with E-state index in [0.29, 0.717) is 35.4 Å². The van der Waals surface area contributed by atoms with Crippen LogP contribution in [0.1, 0.15) is 87.1 Å². The molecule has 0 atom stereocenters. The van der Waals surface area contributed by atoms with Gasteiger partial charge in [0.05, 0.1) is 21.4 Å². The standard InChI is InChI=1S/C24H33N3O6S/c1-9-10-13-26-24(33-34(31,32)15(4)5)22(18(8)25-26)23(28)19-11-12-20(27(29)30)21(17(19)7)16(6)14(2)3/h11-12,15H,9-10,13H2,1-8H3. The minimum absolute atomic E-state index is 0.0399. The Balaban J connectivity index is 2.79. The van der Waals surface area contributed by atoms with Gasteiger partial charge in [-0.25, -0.2) is 4.68 Å². The minimum Gasteiger partial charge on any atom is -0.361 e. The largest absolute Gasteiger partial charge is 0.361 e. The number of hydrogen-bond donors (Lipinski definition) is 0. The van der Waals surface area contributed by atoms with E-state index in [2.05, 4.69) is 5.10 Å². The van der Waals surface area contributed by atoms with Crippen LogP contribution < -0.4 is 4.18 Å².